The van der Waals surface area contributed by atoms with Gasteiger partial charge in [0.15, 0.2) is 0 Å². The first-order valence-corrected chi connectivity index (χ1v) is 10.4. The fourth-order valence-electron chi connectivity index (χ4n) is 3.22. The van der Waals surface area contributed by atoms with E-state index in [1.807, 2.05) is 0 Å². The van der Waals surface area contributed by atoms with Gasteiger partial charge in [0, 0.05) is 6.61 Å². The van der Waals surface area contributed by atoms with E-state index in [-0.39, 0.29) is 10.8 Å². The second-order valence-corrected chi connectivity index (χ2v) is 10.2. The number of hydrogen-bond acceptors (Lipinski definition) is 2. The lowest BCUT2D eigenvalue weighted by Crippen LogP contribution is -2.18. The van der Waals surface area contributed by atoms with Crippen molar-refractivity contribution in [3.63, 3.8) is 0 Å². The number of rotatable bonds is 9. The van der Waals surface area contributed by atoms with Crippen LogP contribution in [0.2, 0.25) is 0 Å². The van der Waals surface area contributed by atoms with Crippen molar-refractivity contribution < 1.29 is 9.84 Å². The van der Waals surface area contributed by atoms with Crippen molar-refractivity contribution in [3.05, 3.63) is 28.8 Å². The molecule has 2 heteroatoms. The number of hydrogen-bond donors (Lipinski definition) is 1. The van der Waals surface area contributed by atoms with Crippen molar-refractivity contribution in [1.29, 1.82) is 0 Å². The van der Waals surface area contributed by atoms with Gasteiger partial charge in [0.1, 0.15) is 5.75 Å². The average Bonchev–Trinajstić information content (AvgIpc) is 2.48. The van der Waals surface area contributed by atoms with Gasteiger partial charge < -0.3 is 9.84 Å². The molecule has 26 heavy (non-hydrogen) atoms. The molecule has 0 radical (unpaired) electrons. The topological polar surface area (TPSA) is 29.5 Å². The molecule has 1 aromatic carbocycles. The van der Waals surface area contributed by atoms with E-state index in [1.54, 1.807) is 0 Å². The Bertz CT molecular complexity index is 509. The van der Waals surface area contributed by atoms with Crippen LogP contribution in [0.5, 0.6) is 5.75 Å². The van der Waals surface area contributed by atoms with Crippen LogP contribution in [0.15, 0.2) is 12.1 Å². The van der Waals surface area contributed by atoms with Crippen LogP contribution in [0.3, 0.4) is 0 Å². The number of benzene rings is 1. The summed E-state index contributed by atoms with van der Waals surface area (Å²) in [5.41, 5.74) is 3.01. The number of phenolic OH excluding ortho intramolecular Hbond substituents is 1. The van der Waals surface area contributed by atoms with Crippen molar-refractivity contribution in [2.75, 3.05) is 6.61 Å². The molecule has 0 atom stereocenters. The molecule has 0 aliphatic rings. The van der Waals surface area contributed by atoms with E-state index >= 15 is 0 Å². The number of unbranched alkanes of at least 4 members (excludes halogenated alkanes) is 3. The Morgan fingerprint density at radius 2 is 1.35 bits per heavy atom. The second kappa shape index (κ2) is 9.78. The fraction of sp³-hybridized carbons (Fsp3) is 0.750. The Morgan fingerprint density at radius 1 is 0.846 bits per heavy atom. The van der Waals surface area contributed by atoms with Gasteiger partial charge in [-0.25, -0.2) is 0 Å². The van der Waals surface area contributed by atoms with Gasteiger partial charge in [-0.3, -0.25) is 0 Å². The zero-order valence-electron chi connectivity index (χ0n) is 18.5. The average molecular weight is 363 g/mol. The Kier molecular flexibility index (Phi) is 8.66. The number of ether oxygens (including phenoxy) is 1. The summed E-state index contributed by atoms with van der Waals surface area (Å²) in [5, 5.41) is 10.8. The molecule has 0 aliphatic carbocycles. The zero-order chi connectivity index (χ0) is 20.0. The van der Waals surface area contributed by atoms with Crippen LogP contribution >= 0.6 is 0 Å². The summed E-state index contributed by atoms with van der Waals surface area (Å²) in [6, 6.07) is 4.24. The highest BCUT2D eigenvalue weighted by Crippen LogP contribution is 2.39. The highest BCUT2D eigenvalue weighted by Gasteiger charge is 2.26. The second-order valence-electron chi connectivity index (χ2n) is 10.2. The predicted molar refractivity (Wildman–Crippen MR) is 113 cm³/mol. The minimum atomic E-state index is -0.0868. The van der Waals surface area contributed by atoms with E-state index < -0.39 is 0 Å². The van der Waals surface area contributed by atoms with Crippen LogP contribution < -0.4 is 0 Å². The Labute approximate surface area is 162 Å². The third-order valence-corrected chi connectivity index (χ3v) is 4.87. The Balaban J connectivity index is 2.64. The minimum absolute atomic E-state index is 0.0868. The quantitative estimate of drug-likeness (QED) is 0.474. The Hall–Kier alpha value is -1.02. The smallest absolute Gasteiger partial charge is 0.123 e. The summed E-state index contributed by atoms with van der Waals surface area (Å²) in [5.74, 6) is 1.26. The predicted octanol–water partition coefficient (Wildman–Crippen LogP) is 7.11. The first kappa shape index (κ1) is 23.0. The molecule has 1 N–H and O–H groups in total. The summed E-state index contributed by atoms with van der Waals surface area (Å²) in [7, 11) is 0. The van der Waals surface area contributed by atoms with E-state index in [2.05, 4.69) is 67.5 Å². The molecule has 0 spiro atoms. The molecule has 0 aromatic heterocycles. The van der Waals surface area contributed by atoms with Crippen LogP contribution in [0.1, 0.15) is 104 Å². The monoisotopic (exact) mass is 362 g/mol. The molecular formula is C24H42O2. The third-order valence-electron chi connectivity index (χ3n) is 4.87. The number of phenols is 1. The van der Waals surface area contributed by atoms with Crippen LogP contribution in [-0.2, 0) is 22.2 Å². The molecular weight excluding hydrogens is 320 g/mol. The van der Waals surface area contributed by atoms with Crippen molar-refractivity contribution in [3.8, 4) is 5.75 Å². The van der Waals surface area contributed by atoms with Crippen LogP contribution in [-0.4, -0.2) is 11.7 Å². The van der Waals surface area contributed by atoms with Crippen LogP contribution in [0.4, 0.5) is 0 Å². The molecule has 0 unspecified atom stereocenters. The van der Waals surface area contributed by atoms with E-state index in [0.29, 0.717) is 12.4 Å². The lowest BCUT2D eigenvalue weighted by Gasteiger charge is -2.28. The first-order chi connectivity index (χ1) is 11.9. The Morgan fingerprint density at radius 3 is 1.81 bits per heavy atom. The molecule has 1 rings (SSSR count). The molecule has 150 valence electrons. The van der Waals surface area contributed by atoms with E-state index in [9.17, 15) is 5.11 Å². The molecule has 0 saturated carbocycles. The van der Waals surface area contributed by atoms with Gasteiger partial charge in [-0.05, 0) is 52.0 Å². The standard InChI is InChI=1S/C24H42O2/c1-18(2)13-11-9-10-12-14-26-17-19-15-20(23(3,4)5)22(25)21(16-19)24(6,7)8/h15-16,18,25H,9-14,17H2,1-8H3. The summed E-state index contributed by atoms with van der Waals surface area (Å²) in [6.07, 6.45) is 6.36. The van der Waals surface area contributed by atoms with Gasteiger partial charge in [0.25, 0.3) is 0 Å². The summed E-state index contributed by atoms with van der Waals surface area (Å²) in [4.78, 5) is 0. The SMILES string of the molecule is CC(C)CCCCCCOCc1cc(C(C)(C)C)c(O)c(C(C)(C)C)c1. The molecule has 2 nitrogen and oxygen atoms in total. The first-order valence-electron chi connectivity index (χ1n) is 10.4. The molecule has 0 amide bonds. The molecule has 0 saturated heterocycles. The van der Waals surface area contributed by atoms with Gasteiger partial charge in [-0.1, -0.05) is 81.1 Å². The number of aromatic hydroxyl groups is 1. The van der Waals surface area contributed by atoms with Gasteiger partial charge in [0.05, 0.1) is 6.61 Å². The molecule has 0 bridgehead atoms. The maximum absolute atomic E-state index is 10.8. The van der Waals surface area contributed by atoms with Crippen molar-refractivity contribution >= 4 is 0 Å². The highest BCUT2D eigenvalue weighted by molar-refractivity contribution is 5.49. The lowest BCUT2D eigenvalue weighted by atomic mass is 9.78. The molecule has 0 heterocycles. The van der Waals surface area contributed by atoms with Gasteiger partial charge in [0.2, 0.25) is 0 Å². The van der Waals surface area contributed by atoms with Crippen LogP contribution in [0.25, 0.3) is 0 Å². The van der Waals surface area contributed by atoms with E-state index in [0.717, 1.165) is 35.6 Å². The van der Waals surface area contributed by atoms with Crippen molar-refractivity contribution in [2.45, 2.75) is 105 Å². The normalized spacial score (nSPS) is 12.8. The van der Waals surface area contributed by atoms with Crippen LogP contribution in [0, 0.1) is 5.92 Å². The fourth-order valence-corrected chi connectivity index (χ4v) is 3.22. The lowest BCUT2D eigenvalue weighted by molar-refractivity contribution is 0.116. The maximum Gasteiger partial charge on any atom is 0.123 e. The summed E-state index contributed by atoms with van der Waals surface area (Å²) < 4.78 is 5.94. The van der Waals surface area contributed by atoms with Gasteiger partial charge in [-0.15, -0.1) is 0 Å². The van der Waals surface area contributed by atoms with E-state index in [4.69, 9.17) is 4.74 Å². The van der Waals surface area contributed by atoms with Crippen molar-refractivity contribution in [2.24, 2.45) is 5.92 Å². The van der Waals surface area contributed by atoms with E-state index in [1.165, 1.54) is 25.7 Å². The van der Waals surface area contributed by atoms with Gasteiger partial charge in [-0.2, -0.15) is 0 Å². The maximum atomic E-state index is 10.8. The molecule has 0 aliphatic heterocycles. The molecule has 1 aromatic rings. The summed E-state index contributed by atoms with van der Waals surface area (Å²) in [6.45, 7) is 18.9. The highest BCUT2D eigenvalue weighted by atomic mass is 16.5. The largest absolute Gasteiger partial charge is 0.507 e. The van der Waals surface area contributed by atoms with Gasteiger partial charge >= 0.3 is 0 Å². The summed E-state index contributed by atoms with van der Waals surface area (Å²) >= 11 is 0. The zero-order valence-corrected chi connectivity index (χ0v) is 18.5. The molecule has 0 fully saturated rings. The minimum Gasteiger partial charge on any atom is -0.507 e. The third kappa shape index (κ3) is 7.70. The van der Waals surface area contributed by atoms with Crippen molar-refractivity contribution in [1.82, 2.24) is 0 Å².